The zero-order valence-corrected chi connectivity index (χ0v) is 13.7. The van der Waals surface area contributed by atoms with Crippen LogP contribution in [0.3, 0.4) is 0 Å². The first kappa shape index (κ1) is 16.1. The average Bonchev–Trinajstić information content (AvgIpc) is 3.14. The number of rotatable bonds is 6. The van der Waals surface area contributed by atoms with Crippen molar-refractivity contribution in [3.05, 3.63) is 82.7 Å². The van der Waals surface area contributed by atoms with Crippen molar-refractivity contribution in [3.63, 3.8) is 0 Å². The number of ether oxygens (including phenoxy) is 1. The van der Waals surface area contributed by atoms with Crippen molar-refractivity contribution < 1.29 is 14.1 Å². The van der Waals surface area contributed by atoms with Crippen LogP contribution < -0.4 is 4.74 Å². The normalized spacial score (nSPS) is 11.3. The number of para-hydroxylation sites is 1. The Hall–Kier alpha value is -2.79. The van der Waals surface area contributed by atoms with Crippen molar-refractivity contribution in [1.82, 2.24) is 5.16 Å². The molecular formula is C18H15ClN2O3. The number of oxime groups is 1. The molecule has 0 atom stereocenters. The minimum atomic E-state index is 0.334. The maximum Gasteiger partial charge on any atom is 0.139 e. The maximum atomic E-state index is 6.13. The first-order chi connectivity index (χ1) is 11.8. The number of benzene rings is 2. The van der Waals surface area contributed by atoms with Crippen molar-refractivity contribution in [1.29, 1.82) is 0 Å². The molecular weight excluding hydrogens is 328 g/mol. The second-order valence-electron chi connectivity index (χ2n) is 4.88. The van der Waals surface area contributed by atoms with Gasteiger partial charge in [-0.15, -0.1) is 0 Å². The van der Waals surface area contributed by atoms with Crippen LogP contribution >= 0.6 is 11.6 Å². The van der Waals surface area contributed by atoms with E-state index in [0.29, 0.717) is 28.8 Å². The Bertz CT molecular complexity index is 832. The van der Waals surface area contributed by atoms with Gasteiger partial charge in [0, 0.05) is 11.6 Å². The Kier molecular flexibility index (Phi) is 5.13. The third-order valence-electron chi connectivity index (χ3n) is 3.36. The summed E-state index contributed by atoms with van der Waals surface area (Å²) in [5, 5.41) is 8.59. The van der Waals surface area contributed by atoms with E-state index in [4.69, 9.17) is 25.7 Å². The predicted octanol–water partition coefficient (Wildman–Crippen LogP) is 4.31. The Morgan fingerprint density at radius 3 is 2.67 bits per heavy atom. The lowest BCUT2D eigenvalue weighted by Crippen LogP contribution is -2.10. The number of hydrogen-bond donors (Lipinski definition) is 0. The van der Waals surface area contributed by atoms with Crippen LogP contribution in [0.1, 0.15) is 16.8 Å². The minimum absolute atomic E-state index is 0.334. The van der Waals surface area contributed by atoms with Crippen molar-refractivity contribution >= 4 is 17.3 Å². The van der Waals surface area contributed by atoms with Gasteiger partial charge in [0.25, 0.3) is 0 Å². The molecule has 0 aliphatic rings. The summed E-state index contributed by atoms with van der Waals surface area (Å²) in [6.07, 6.45) is 1.49. The number of nitrogens with zero attached hydrogens (tertiary/aromatic N) is 2. The van der Waals surface area contributed by atoms with Crippen molar-refractivity contribution in [3.8, 4) is 5.75 Å². The van der Waals surface area contributed by atoms with Gasteiger partial charge in [0.15, 0.2) is 0 Å². The number of hydrogen-bond acceptors (Lipinski definition) is 5. The lowest BCUT2D eigenvalue weighted by atomic mass is 10.0. The molecule has 2 aromatic carbocycles. The molecule has 0 amide bonds. The monoisotopic (exact) mass is 342 g/mol. The van der Waals surface area contributed by atoms with Crippen LogP contribution in [0.4, 0.5) is 0 Å². The first-order valence-electron chi connectivity index (χ1n) is 7.27. The van der Waals surface area contributed by atoms with Gasteiger partial charge in [0.2, 0.25) is 0 Å². The van der Waals surface area contributed by atoms with Crippen molar-refractivity contribution in [2.45, 2.75) is 6.61 Å². The standard InChI is InChI=1S/C18H15ClN2O3/c1-22-21-18(16-10-11-24-20-16)14-7-3-2-6-13(14)12-23-17-9-5-4-8-15(17)19/h2-11H,12H2,1H3. The summed E-state index contributed by atoms with van der Waals surface area (Å²) in [6.45, 7) is 0.334. The molecule has 0 N–H and O–H groups in total. The fraction of sp³-hybridized carbons (Fsp3) is 0.111. The molecule has 0 aliphatic carbocycles. The van der Waals surface area contributed by atoms with E-state index < -0.39 is 0 Å². The second-order valence-corrected chi connectivity index (χ2v) is 5.29. The molecule has 0 bridgehead atoms. The molecule has 0 saturated carbocycles. The molecule has 5 nitrogen and oxygen atoms in total. The molecule has 0 saturated heterocycles. The van der Waals surface area contributed by atoms with Crippen LogP contribution in [0.5, 0.6) is 5.75 Å². The van der Waals surface area contributed by atoms with Gasteiger partial charge in [-0.1, -0.05) is 58.3 Å². The highest BCUT2D eigenvalue weighted by atomic mass is 35.5. The second kappa shape index (κ2) is 7.66. The van der Waals surface area contributed by atoms with Crippen LogP contribution in [0.15, 0.2) is 70.5 Å². The molecule has 3 aromatic rings. The third-order valence-corrected chi connectivity index (χ3v) is 3.67. The summed E-state index contributed by atoms with van der Waals surface area (Å²) in [4.78, 5) is 4.96. The SMILES string of the molecule is CON=C(c1ccon1)c1ccccc1COc1ccccc1Cl. The summed E-state index contributed by atoms with van der Waals surface area (Å²) < 4.78 is 10.8. The van der Waals surface area contributed by atoms with Gasteiger partial charge in [-0.2, -0.15) is 0 Å². The summed E-state index contributed by atoms with van der Waals surface area (Å²) in [6, 6.07) is 16.8. The number of aromatic nitrogens is 1. The molecule has 0 unspecified atom stereocenters. The van der Waals surface area contributed by atoms with Gasteiger partial charge in [-0.25, -0.2) is 0 Å². The Morgan fingerprint density at radius 2 is 1.92 bits per heavy atom. The molecule has 0 aliphatic heterocycles. The van der Waals surface area contributed by atoms with Gasteiger partial charge in [-0.3, -0.25) is 0 Å². The maximum absolute atomic E-state index is 6.13. The van der Waals surface area contributed by atoms with E-state index >= 15 is 0 Å². The van der Waals surface area contributed by atoms with Gasteiger partial charge in [-0.05, 0) is 17.7 Å². The average molecular weight is 343 g/mol. The quantitative estimate of drug-likeness (QED) is 0.495. The Balaban J connectivity index is 1.90. The molecule has 122 valence electrons. The van der Waals surface area contributed by atoms with Gasteiger partial charge >= 0.3 is 0 Å². The van der Waals surface area contributed by atoms with E-state index in [-0.39, 0.29) is 0 Å². The molecule has 0 spiro atoms. The highest BCUT2D eigenvalue weighted by Crippen LogP contribution is 2.25. The third kappa shape index (κ3) is 3.58. The molecule has 0 fully saturated rings. The van der Waals surface area contributed by atoms with E-state index in [1.807, 2.05) is 42.5 Å². The van der Waals surface area contributed by atoms with Crippen LogP contribution in [0.25, 0.3) is 0 Å². The van der Waals surface area contributed by atoms with Gasteiger partial charge in [0.05, 0.1) is 5.02 Å². The summed E-state index contributed by atoms with van der Waals surface area (Å²) >= 11 is 6.13. The molecule has 0 radical (unpaired) electrons. The zero-order valence-electron chi connectivity index (χ0n) is 13.0. The van der Waals surface area contributed by atoms with Crippen molar-refractivity contribution in [2.75, 3.05) is 7.11 Å². The topological polar surface area (TPSA) is 56.9 Å². The van der Waals surface area contributed by atoms with Crippen LogP contribution in [-0.4, -0.2) is 18.0 Å². The molecule has 3 rings (SSSR count). The van der Waals surface area contributed by atoms with Crippen LogP contribution in [0, 0.1) is 0 Å². The molecule has 24 heavy (non-hydrogen) atoms. The van der Waals surface area contributed by atoms with E-state index in [9.17, 15) is 0 Å². The fourth-order valence-corrected chi connectivity index (χ4v) is 2.44. The van der Waals surface area contributed by atoms with E-state index in [1.54, 1.807) is 12.1 Å². The largest absolute Gasteiger partial charge is 0.487 e. The molecule has 1 aromatic heterocycles. The van der Waals surface area contributed by atoms with E-state index in [1.165, 1.54) is 13.4 Å². The molecule has 6 heteroatoms. The minimum Gasteiger partial charge on any atom is -0.487 e. The highest BCUT2D eigenvalue weighted by Gasteiger charge is 2.15. The number of halogens is 1. The summed E-state index contributed by atoms with van der Waals surface area (Å²) in [7, 11) is 1.49. The lowest BCUT2D eigenvalue weighted by molar-refractivity contribution is 0.213. The van der Waals surface area contributed by atoms with Crippen LogP contribution in [0.2, 0.25) is 5.02 Å². The van der Waals surface area contributed by atoms with Crippen LogP contribution in [-0.2, 0) is 11.4 Å². The zero-order chi connectivity index (χ0) is 16.8. The van der Waals surface area contributed by atoms with E-state index in [0.717, 1.165) is 11.1 Å². The molecule has 1 heterocycles. The predicted molar refractivity (Wildman–Crippen MR) is 91.4 cm³/mol. The summed E-state index contributed by atoms with van der Waals surface area (Å²) in [5.41, 5.74) is 2.93. The summed E-state index contributed by atoms with van der Waals surface area (Å²) in [5.74, 6) is 0.626. The van der Waals surface area contributed by atoms with E-state index in [2.05, 4.69) is 10.3 Å². The Labute approximate surface area is 144 Å². The Morgan fingerprint density at radius 1 is 1.12 bits per heavy atom. The van der Waals surface area contributed by atoms with Gasteiger partial charge in [0.1, 0.15) is 37.1 Å². The fourth-order valence-electron chi connectivity index (χ4n) is 2.25. The first-order valence-corrected chi connectivity index (χ1v) is 7.65. The lowest BCUT2D eigenvalue weighted by Gasteiger charge is -2.12. The van der Waals surface area contributed by atoms with Crippen molar-refractivity contribution in [2.24, 2.45) is 5.16 Å². The smallest absolute Gasteiger partial charge is 0.139 e. The van der Waals surface area contributed by atoms with Gasteiger partial charge < -0.3 is 14.1 Å². The highest BCUT2D eigenvalue weighted by molar-refractivity contribution is 6.32.